The van der Waals surface area contributed by atoms with E-state index in [0.29, 0.717) is 25.6 Å². The molecule has 1 aromatic heterocycles. The standard InChI is InChI=1S/C16H22N4O/c1-13(2)17-10-8-16(21)19-15-7-4-3-6-14(15)12-20-11-5-9-18-20/h3-7,9,11,13,17H,8,10,12H2,1-2H3,(H,19,21). The lowest BCUT2D eigenvalue weighted by atomic mass is 10.1. The van der Waals surface area contributed by atoms with Gasteiger partial charge >= 0.3 is 0 Å². The number of rotatable bonds is 7. The van der Waals surface area contributed by atoms with Crippen LogP contribution in [-0.2, 0) is 11.3 Å². The highest BCUT2D eigenvalue weighted by Gasteiger charge is 2.07. The zero-order valence-electron chi connectivity index (χ0n) is 12.5. The number of carbonyl (C=O) groups is 1. The van der Waals surface area contributed by atoms with Crippen molar-refractivity contribution >= 4 is 11.6 Å². The van der Waals surface area contributed by atoms with E-state index in [9.17, 15) is 4.79 Å². The summed E-state index contributed by atoms with van der Waals surface area (Å²) in [6.45, 7) is 5.47. The number of hydrogen-bond acceptors (Lipinski definition) is 3. The maximum Gasteiger partial charge on any atom is 0.225 e. The van der Waals surface area contributed by atoms with Gasteiger partial charge in [-0.15, -0.1) is 0 Å². The predicted molar refractivity (Wildman–Crippen MR) is 84.2 cm³/mol. The SMILES string of the molecule is CC(C)NCCC(=O)Nc1ccccc1Cn1cccn1. The first-order chi connectivity index (χ1) is 10.1. The van der Waals surface area contributed by atoms with Gasteiger partial charge in [-0.2, -0.15) is 5.10 Å². The van der Waals surface area contributed by atoms with Gasteiger partial charge in [0.1, 0.15) is 0 Å². The fourth-order valence-corrected chi connectivity index (χ4v) is 2.04. The van der Waals surface area contributed by atoms with Crippen LogP contribution in [0.15, 0.2) is 42.7 Å². The number of hydrogen-bond donors (Lipinski definition) is 2. The molecule has 0 unspecified atom stereocenters. The van der Waals surface area contributed by atoms with Crippen LogP contribution in [-0.4, -0.2) is 28.3 Å². The Bertz CT molecular complexity index is 563. The zero-order valence-corrected chi connectivity index (χ0v) is 12.5. The molecule has 1 aromatic carbocycles. The van der Waals surface area contributed by atoms with Gasteiger partial charge in [0, 0.05) is 37.1 Å². The summed E-state index contributed by atoms with van der Waals surface area (Å²) in [4.78, 5) is 12.0. The minimum absolute atomic E-state index is 0.0241. The molecule has 5 heteroatoms. The molecule has 0 saturated carbocycles. The smallest absolute Gasteiger partial charge is 0.225 e. The van der Waals surface area contributed by atoms with Crippen molar-refractivity contribution in [2.75, 3.05) is 11.9 Å². The Labute approximate surface area is 125 Å². The first-order valence-electron chi connectivity index (χ1n) is 7.23. The van der Waals surface area contributed by atoms with Crippen molar-refractivity contribution in [2.24, 2.45) is 0 Å². The van der Waals surface area contributed by atoms with Gasteiger partial charge < -0.3 is 10.6 Å². The number of nitrogens with one attached hydrogen (secondary N) is 2. The molecule has 1 heterocycles. The zero-order chi connectivity index (χ0) is 15.1. The number of carbonyl (C=O) groups excluding carboxylic acids is 1. The van der Waals surface area contributed by atoms with Gasteiger partial charge in [-0.05, 0) is 17.7 Å². The second kappa shape index (κ2) is 7.59. The molecule has 1 amide bonds. The Kier molecular flexibility index (Phi) is 5.51. The van der Waals surface area contributed by atoms with E-state index in [1.807, 2.05) is 41.2 Å². The van der Waals surface area contributed by atoms with Crippen LogP contribution in [0, 0.1) is 0 Å². The molecule has 0 fully saturated rings. The van der Waals surface area contributed by atoms with Crippen molar-refractivity contribution < 1.29 is 4.79 Å². The van der Waals surface area contributed by atoms with Gasteiger partial charge in [-0.3, -0.25) is 9.48 Å². The molecule has 0 aliphatic rings. The third-order valence-corrected chi connectivity index (χ3v) is 3.09. The van der Waals surface area contributed by atoms with E-state index in [1.54, 1.807) is 6.20 Å². The summed E-state index contributed by atoms with van der Waals surface area (Å²) in [6, 6.07) is 10.1. The molecular weight excluding hydrogens is 264 g/mol. The number of para-hydroxylation sites is 1. The quantitative estimate of drug-likeness (QED) is 0.821. The normalized spacial score (nSPS) is 10.8. The molecule has 2 rings (SSSR count). The summed E-state index contributed by atoms with van der Waals surface area (Å²) in [7, 11) is 0. The highest BCUT2D eigenvalue weighted by atomic mass is 16.1. The van der Waals surface area contributed by atoms with E-state index in [1.165, 1.54) is 0 Å². The number of benzene rings is 1. The third-order valence-electron chi connectivity index (χ3n) is 3.09. The first kappa shape index (κ1) is 15.3. The Morgan fingerprint density at radius 1 is 1.29 bits per heavy atom. The van der Waals surface area contributed by atoms with E-state index in [0.717, 1.165) is 11.3 Å². The molecule has 0 saturated heterocycles. The van der Waals surface area contributed by atoms with Crippen LogP contribution in [0.3, 0.4) is 0 Å². The van der Waals surface area contributed by atoms with Crippen LogP contribution in [0.5, 0.6) is 0 Å². The highest BCUT2D eigenvalue weighted by molar-refractivity contribution is 5.91. The van der Waals surface area contributed by atoms with Crippen molar-refractivity contribution in [3.05, 3.63) is 48.3 Å². The molecule has 0 aliphatic carbocycles. The second-order valence-electron chi connectivity index (χ2n) is 5.27. The lowest BCUT2D eigenvalue weighted by Crippen LogP contribution is -2.27. The molecule has 0 aliphatic heterocycles. The van der Waals surface area contributed by atoms with Gasteiger partial charge in [0.15, 0.2) is 0 Å². The maximum absolute atomic E-state index is 12.0. The summed E-state index contributed by atoms with van der Waals surface area (Å²) in [5.41, 5.74) is 1.90. The predicted octanol–water partition coefficient (Wildman–Crippen LogP) is 2.26. The van der Waals surface area contributed by atoms with Gasteiger partial charge in [0.2, 0.25) is 5.91 Å². The molecule has 2 aromatic rings. The van der Waals surface area contributed by atoms with Crippen LogP contribution in [0.2, 0.25) is 0 Å². The number of aromatic nitrogens is 2. The van der Waals surface area contributed by atoms with Gasteiger partial charge in [0.05, 0.1) is 6.54 Å². The first-order valence-corrected chi connectivity index (χ1v) is 7.23. The lowest BCUT2D eigenvalue weighted by molar-refractivity contribution is -0.116. The maximum atomic E-state index is 12.0. The van der Waals surface area contributed by atoms with Crippen LogP contribution in [0.25, 0.3) is 0 Å². The molecule has 0 radical (unpaired) electrons. The van der Waals surface area contributed by atoms with Crippen LogP contribution >= 0.6 is 0 Å². The van der Waals surface area contributed by atoms with Crippen molar-refractivity contribution in [2.45, 2.75) is 32.9 Å². The number of amides is 1. The minimum atomic E-state index is 0.0241. The van der Waals surface area contributed by atoms with Crippen molar-refractivity contribution in [1.29, 1.82) is 0 Å². The Hall–Kier alpha value is -2.14. The van der Waals surface area contributed by atoms with E-state index in [-0.39, 0.29) is 5.91 Å². The number of anilines is 1. The Balaban J connectivity index is 1.95. The fourth-order valence-electron chi connectivity index (χ4n) is 2.04. The molecule has 0 atom stereocenters. The Morgan fingerprint density at radius 3 is 2.81 bits per heavy atom. The van der Waals surface area contributed by atoms with Crippen LogP contribution in [0.1, 0.15) is 25.8 Å². The van der Waals surface area contributed by atoms with Crippen molar-refractivity contribution in [1.82, 2.24) is 15.1 Å². The minimum Gasteiger partial charge on any atom is -0.326 e. The monoisotopic (exact) mass is 286 g/mol. The van der Waals surface area contributed by atoms with E-state index in [2.05, 4.69) is 29.6 Å². The molecule has 21 heavy (non-hydrogen) atoms. The summed E-state index contributed by atoms with van der Waals surface area (Å²) in [5.74, 6) is 0.0241. The summed E-state index contributed by atoms with van der Waals surface area (Å²) in [6.07, 6.45) is 4.12. The summed E-state index contributed by atoms with van der Waals surface area (Å²) >= 11 is 0. The van der Waals surface area contributed by atoms with Crippen molar-refractivity contribution in [3.8, 4) is 0 Å². The molecular formula is C16H22N4O. The summed E-state index contributed by atoms with van der Waals surface area (Å²) < 4.78 is 1.84. The largest absolute Gasteiger partial charge is 0.326 e. The topological polar surface area (TPSA) is 59.0 Å². The molecule has 2 N–H and O–H groups in total. The summed E-state index contributed by atoms with van der Waals surface area (Å²) in [5, 5.41) is 10.4. The Morgan fingerprint density at radius 2 is 2.10 bits per heavy atom. The van der Waals surface area contributed by atoms with Crippen molar-refractivity contribution in [3.63, 3.8) is 0 Å². The molecule has 112 valence electrons. The van der Waals surface area contributed by atoms with E-state index < -0.39 is 0 Å². The van der Waals surface area contributed by atoms with Gasteiger partial charge in [-0.1, -0.05) is 32.0 Å². The average molecular weight is 286 g/mol. The van der Waals surface area contributed by atoms with E-state index >= 15 is 0 Å². The van der Waals surface area contributed by atoms with Crippen LogP contribution < -0.4 is 10.6 Å². The van der Waals surface area contributed by atoms with E-state index in [4.69, 9.17) is 0 Å². The van der Waals surface area contributed by atoms with Gasteiger partial charge in [-0.25, -0.2) is 0 Å². The highest BCUT2D eigenvalue weighted by Crippen LogP contribution is 2.16. The van der Waals surface area contributed by atoms with Crippen LogP contribution in [0.4, 0.5) is 5.69 Å². The fraction of sp³-hybridized carbons (Fsp3) is 0.375. The second-order valence-corrected chi connectivity index (χ2v) is 5.27. The average Bonchev–Trinajstić information content (AvgIpc) is 2.93. The molecule has 0 spiro atoms. The lowest BCUT2D eigenvalue weighted by Gasteiger charge is -2.12. The molecule has 0 bridgehead atoms. The third kappa shape index (κ3) is 5.04. The molecule has 5 nitrogen and oxygen atoms in total. The number of nitrogens with zero attached hydrogens (tertiary/aromatic N) is 2. The van der Waals surface area contributed by atoms with Gasteiger partial charge in [0.25, 0.3) is 0 Å².